The highest BCUT2D eigenvalue weighted by atomic mass is 16.5. The summed E-state index contributed by atoms with van der Waals surface area (Å²) in [5.41, 5.74) is 1.59. The fourth-order valence-corrected chi connectivity index (χ4v) is 3.81. The number of carbonyl (C=O) groups is 2. The third kappa shape index (κ3) is 7.47. The molecule has 0 spiro atoms. The lowest BCUT2D eigenvalue weighted by atomic mass is 10.1. The Hall–Kier alpha value is -3.10. The number of rotatable bonds is 10. The zero-order chi connectivity index (χ0) is 23.5. The number of nitrogens with zero attached hydrogens (tertiary/aromatic N) is 2. The van der Waals surface area contributed by atoms with Crippen LogP contribution in [0.3, 0.4) is 0 Å². The fraction of sp³-hybridized carbons (Fsp3) is 0.440. The normalized spacial score (nSPS) is 14.8. The zero-order valence-electron chi connectivity index (χ0n) is 19.5. The smallest absolute Gasteiger partial charge is 0.322 e. The van der Waals surface area contributed by atoms with E-state index < -0.39 is 0 Å². The van der Waals surface area contributed by atoms with Gasteiger partial charge < -0.3 is 25.0 Å². The highest BCUT2D eigenvalue weighted by molar-refractivity contribution is 5.91. The van der Waals surface area contributed by atoms with Crippen LogP contribution in [0.1, 0.15) is 24.9 Å². The first-order valence-corrected chi connectivity index (χ1v) is 11.4. The van der Waals surface area contributed by atoms with Gasteiger partial charge in [0.1, 0.15) is 5.75 Å². The molecule has 0 radical (unpaired) electrons. The summed E-state index contributed by atoms with van der Waals surface area (Å²) >= 11 is 0. The third-order valence-electron chi connectivity index (χ3n) is 5.79. The molecular weight excluding hydrogens is 420 g/mol. The Kier molecular flexibility index (Phi) is 9.53. The summed E-state index contributed by atoms with van der Waals surface area (Å²) in [7, 11) is 1.57. The Bertz CT molecular complexity index is 887. The molecule has 1 saturated heterocycles. The van der Waals surface area contributed by atoms with E-state index in [4.69, 9.17) is 9.47 Å². The van der Waals surface area contributed by atoms with Crippen molar-refractivity contribution >= 4 is 17.6 Å². The van der Waals surface area contributed by atoms with Crippen molar-refractivity contribution in [3.8, 4) is 5.75 Å². The molecule has 0 saturated carbocycles. The average Bonchev–Trinajstić information content (AvgIpc) is 2.85. The lowest BCUT2D eigenvalue weighted by Crippen LogP contribution is -2.42. The number of amides is 3. The van der Waals surface area contributed by atoms with Crippen molar-refractivity contribution < 1.29 is 19.1 Å². The van der Waals surface area contributed by atoms with Gasteiger partial charge in [-0.1, -0.05) is 42.5 Å². The van der Waals surface area contributed by atoms with Crippen LogP contribution in [0, 0.1) is 0 Å². The van der Waals surface area contributed by atoms with E-state index in [-0.39, 0.29) is 24.4 Å². The Morgan fingerprint density at radius 3 is 2.52 bits per heavy atom. The number of nitrogens with one attached hydrogen (secondary N) is 2. The van der Waals surface area contributed by atoms with E-state index >= 15 is 0 Å². The maximum absolute atomic E-state index is 13.2. The summed E-state index contributed by atoms with van der Waals surface area (Å²) in [6.07, 6.45) is 0.222. The molecule has 0 bridgehead atoms. The Morgan fingerprint density at radius 2 is 1.79 bits per heavy atom. The molecule has 2 aromatic carbocycles. The van der Waals surface area contributed by atoms with E-state index in [1.807, 2.05) is 49.4 Å². The van der Waals surface area contributed by atoms with Crippen LogP contribution in [0.2, 0.25) is 0 Å². The summed E-state index contributed by atoms with van der Waals surface area (Å²) in [5.74, 6) is 0.512. The van der Waals surface area contributed by atoms with Crippen molar-refractivity contribution in [1.29, 1.82) is 0 Å². The molecule has 1 heterocycles. The first-order valence-electron chi connectivity index (χ1n) is 11.4. The minimum absolute atomic E-state index is 0.0707. The molecule has 1 unspecified atom stereocenters. The SMILES string of the molecule is COc1ccccc1NC(=O)N(CCC(=O)NCCN1CCOCC1)C(C)c1ccccc1. The Morgan fingerprint density at radius 1 is 1.09 bits per heavy atom. The predicted molar refractivity (Wildman–Crippen MR) is 128 cm³/mol. The lowest BCUT2D eigenvalue weighted by molar-refractivity contribution is -0.121. The second-order valence-electron chi connectivity index (χ2n) is 7.96. The Labute approximate surface area is 195 Å². The molecule has 2 N–H and O–H groups in total. The number of urea groups is 1. The molecule has 178 valence electrons. The van der Waals surface area contributed by atoms with E-state index in [1.165, 1.54) is 0 Å². The molecule has 1 aliphatic rings. The average molecular weight is 455 g/mol. The molecule has 0 aliphatic carbocycles. The van der Waals surface area contributed by atoms with Gasteiger partial charge in [-0.15, -0.1) is 0 Å². The van der Waals surface area contributed by atoms with Crippen molar-refractivity contribution in [3.63, 3.8) is 0 Å². The van der Waals surface area contributed by atoms with Crippen LogP contribution in [0.25, 0.3) is 0 Å². The standard InChI is InChI=1S/C25H34N4O4/c1-20(21-8-4-3-5-9-21)29(25(31)27-22-10-6-7-11-23(22)32-2)14-12-24(30)26-13-15-28-16-18-33-19-17-28/h3-11,20H,12-19H2,1-2H3,(H,26,30)(H,27,31). The molecule has 3 amide bonds. The maximum atomic E-state index is 13.2. The van der Waals surface area contributed by atoms with Crippen molar-refractivity contribution in [2.75, 3.05) is 58.4 Å². The summed E-state index contributed by atoms with van der Waals surface area (Å²) in [4.78, 5) is 29.7. The van der Waals surface area contributed by atoms with Gasteiger partial charge in [-0.25, -0.2) is 4.79 Å². The molecule has 8 heteroatoms. The summed E-state index contributed by atoms with van der Waals surface area (Å²) in [5, 5.41) is 5.91. The molecule has 8 nitrogen and oxygen atoms in total. The first-order chi connectivity index (χ1) is 16.1. The number of carbonyl (C=O) groups excluding carboxylic acids is 2. The molecule has 0 aromatic heterocycles. The number of anilines is 1. The van der Waals surface area contributed by atoms with Crippen molar-refractivity contribution in [3.05, 3.63) is 60.2 Å². The predicted octanol–water partition coefficient (Wildman–Crippen LogP) is 3.13. The van der Waals surface area contributed by atoms with Crippen LogP contribution in [-0.4, -0.2) is 74.8 Å². The second kappa shape index (κ2) is 12.8. The number of benzene rings is 2. The highest BCUT2D eigenvalue weighted by Gasteiger charge is 2.23. The van der Waals surface area contributed by atoms with E-state index in [2.05, 4.69) is 15.5 Å². The van der Waals surface area contributed by atoms with Gasteiger partial charge in [0, 0.05) is 39.1 Å². The first kappa shape index (κ1) is 24.5. The quantitative estimate of drug-likeness (QED) is 0.576. The summed E-state index contributed by atoms with van der Waals surface area (Å²) in [6, 6.07) is 16.6. The van der Waals surface area contributed by atoms with Gasteiger partial charge in [-0.2, -0.15) is 0 Å². The van der Waals surface area contributed by atoms with Crippen molar-refractivity contribution in [2.24, 2.45) is 0 Å². The zero-order valence-corrected chi connectivity index (χ0v) is 19.5. The highest BCUT2D eigenvalue weighted by Crippen LogP contribution is 2.26. The minimum atomic E-state index is -0.281. The number of hydrogen-bond acceptors (Lipinski definition) is 5. The lowest BCUT2D eigenvalue weighted by Gasteiger charge is -2.30. The molecule has 1 fully saturated rings. The Balaban J connectivity index is 1.60. The van der Waals surface area contributed by atoms with E-state index in [0.29, 0.717) is 24.5 Å². The van der Waals surface area contributed by atoms with Gasteiger partial charge in [0.05, 0.1) is 32.1 Å². The van der Waals surface area contributed by atoms with Crippen LogP contribution >= 0.6 is 0 Å². The van der Waals surface area contributed by atoms with Crippen molar-refractivity contribution in [1.82, 2.24) is 15.1 Å². The molecule has 2 aromatic rings. The van der Waals surface area contributed by atoms with Crippen molar-refractivity contribution in [2.45, 2.75) is 19.4 Å². The van der Waals surface area contributed by atoms with E-state index in [1.54, 1.807) is 24.1 Å². The molecule has 3 rings (SSSR count). The summed E-state index contributed by atoms with van der Waals surface area (Å²) in [6.45, 7) is 6.90. The summed E-state index contributed by atoms with van der Waals surface area (Å²) < 4.78 is 10.7. The third-order valence-corrected chi connectivity index (χ3v) is 5.79. The van der Waals surface area contributed by atoms with Crippen LogP contribution in [-0.2, 0) is 9.53 Å². The second-order valence-corrected chi connectivity index (χ2v) is 7.96. The largest absolute Gasteiger partial charge is 0.495 e. The topological polar surface area (TPSA) is 83.1 Å². The monoisotopic (exact) mass is 454 g/mol. The van der Waals surface area contributed by atoms with Crippen LogP contribution < -0.4 is 15.4 Å². The number of ether oxygens (including phenoxy) is 2. The van der Waals surface area contributed by atoms with Crippen LogP contribution in [0.5, 0.6) is 5.75 Å². The minimum Gasteiger partial charge on any atom is -0.495 e. The number of morpholine rings is 1. The number of methoxy groups -OCH3 is 1. The van der Waals surface area contributed by atoms with Crippen LogP contribution in [0.4, 0.5) is 10.5 Å². The van der Waals surface area contributed by atoms with Gasteiger partial charge in [0.2, 0.25) is 5.91 Å². The molecule has 1 aliphatic heterocycles. The van der Waals surface area contributed by atoms with Crippen LogP contribution in [0.15, 0.2) is 54.6 Å². The maximum Gasteiger partial charge on any atom is 0.322 e. The van der Waals surface area contributed by atoms with E-state index in [0.717, 1.165) is 38.4 Å². The molecule has 1 atom stereocenters. The molecular formula is C25H34N4O4. The van der Waals surface area contributed by atoms with Gasteiger partial charge >= 0.3 is 6.03 Å². The number of hydrogen-bond donors (Lipinski definition) is 2. The number of para-hydroxylation sites is 2. The molecule has 33 heavy (non-hydrogen) atoms. The van der Waals surface area contributed by atoms with Gasteiger partial charge in [-0.05, 0) is 24.6 Å². The van der Waals surface area contributed by atoms with Gasteiger partial charge in [-0.3, -0.25) is 9.69 Å². The van der Waals surface area contributed by atoms with E-state index in [9.17, 15) is 9.59 Å². The van der Waals surface area contributed by atoms with Gasteiger partial charge in [0.15, 0.2) is 0 Å². The van der Waals surface area contributed by atoms with Gasteiger partial charge in [0.25, 0.3) is 0 Å². The fourth-order valence-electron chi connectivity index (χ4n) is 3.81.